The molecule has 0 spiro atoms. The molecule has 0 saturated carbocycles. The van der Waals surface area contributed by atoms with E-state index in [2.05, 4.69) is 22.3 Å². The van der Waals surface area contributed by atoms with Crippen LogP contribution in [-0.4, -0.2) is 0 Å². The third kappa shape index (κ3) is 2.67. The molecule has 3 rings (SSSR count). The van der Waals surface area contributed by atoms with Crippen molar-refractivity contribution >= 4 is 33.9 Å². The van der Waals surface area contributed by atoms with Crippen molar-refractivity contribution in [3.8, 4) is 0 Å². The van der Waals surface area contributed by atoms with E-state index >= 15 is 0 Å². The first-order chi connectivity index (χ1) is 9.26. The molecule has 0 aliphatic carbocycles. The van der Waals surface area contributed by atoms with Crippen LogP contribution in [0.1, 0.15) is 17.4 Å². The lowest BCUT2D eigenvalue weighted by Crippen LogP contribution is -2.29. The summed E-state index contributed by atoms with van der Waals surface area (Å²) in [6.07, 6.45) is 0.799. The number of hydrogen-bond donors (Lipinski definition) is 2. The average Bonchev–Trinajstić information content (AvgIpc) is 3.03. The molecule has 3 nitrogen and oxygen atoms in total. The van der Waals surface area contributed by atoms with Crippen molar-refractivity contribution < 1.29 is 4.42 Å². The summed E-state index contributed by atoms with van der Waals surface area (Å²) in [5.41, 5.74) is 4.88. The van der Waals surface area contributed by atoms with E-state index in [1.54, 1.807) is 11.3 Å². The summed E-state index contributed by atoms with van der Waals surface area (Å²) >= 11 is 7.65. The van der Waals surface area contributed by atoms with Crippen LogP contribution in [0.15, 0.2) is 45.5 Å². The Morgan fingerprint density at radius 2 is 2.21 bits per heavy atom. The minimum Gasteiger partial charge on any atom is -0.459 e. The molecule has 2 heterocycles. The molecule has 0 radical (unpaired) electrons. The Morgan fingerprint density at radius 1 is 1.32 bits per heavy atom. The van der Waals surface area contributed by atoms with Gasteiger partial charge in [0.25, 0.3) is 0 Å². The molecule has 0 aliphatic heterocycles. The molecule has 3 N–H and O–H groups in total. The molecule has 3 aromatic rings. The van der Waals surface area contributed by atoms with Crippen LogP contribution in [0.25, 0.3) is 11.0 Å². The lowest BCUT2D eigenvalue weighted by atomic mass is 10.1. The van der Waals surface area contributed by atoms with Gasteiger partial charge in [-0.05, 0) is 53.1 Å². The van der Waals surface area contributed by atoms with E-state index in [9.17, 15) is 0 Å². The number of nitrogens with one attached hydrogen (secondary N) is 1. The fourth-order valence-corrected chi connectivity index (χ4v) is 2.95. The topological polar surface area (TPSA) is 51.2 Å². The Morgan fingerprint density at radius 3 is 2.95 bits per heavy atom. The minimum atomic E-state index is -0.0409. The third-order valence-electron chi connectivity index (χ3n) is 3.06. The maximum Gasteiger partial charge on any atom is 0.134 e. The van der Waals surface area contributed by atoms with Crippen LogP contribution < -0.4 is 11.3 Å². The van der Waals surface area contributed by atoms with E-state index in [4.69, 9.17) is 21.9 Å². The summed E-state index contributed by atoms with van der Waals surface area (Å²) in [5.74, 6) is 6.47. The summed E-state index contributed by atoms with van der Waals surface area (Å²) in [7, 11) is 0. The molecular weight excluding hydrogens is 280 g/mol. The summed E-state index contributed by atoms with van der Waals surface area (Å²) < 4.78 is 5.83. The zero-order valence-electron chi connectivity index (χ0n) is 10.1. The van der Waals surface area contributed by atoms with Crippen molar-refractivity contribution in [2.24, 2.45) is 5.84 Å². The Bertz CT molecular complexity index is 678. The SMILES string of the molecule is NNC(Cc1ccsc1)c1cc2cc(Cl)ccc2o1. The molecule has 2 aromatic heterocycles. The molecule has 1 unspecified atom stereocenters. The molecule has 1 aromatic carbocycles. The van der Waals surface area contributed by atoms with Crippen LogP contribution in [0, 0.1) is 0 Å². The fourth-order valence-electron chi connectivity index (χ4n) is 2.09. The van der Waals surface area contributed by atoms with Crippen molar-refractivity contribution in [2.75, 3.05) is 0 Å². The quantitative estimate of drug-likeness (QED) is 0.566. The van der Waals surface area contributed by atoms with Gasteiger partial charge >= 0.3 is 0 Å². The fraction of sp³-hybridized carbons (Fsp3) is 0.143. The first-order valence-electron chi connectivity index (χ1n) is 5.92. The van der Waals surface area contributed by atoms with Crippen molar-refractivity contribution in [1.29, 1.82) is 0 Å². The van der Waals surface area contributed by atoms with Crippen molar-refractivity contribution in [3.63, 3.8) is 0 Å². The molecule has 0 amide bonds. The zero-order valence-corrected chi connectivity index (χ0v) is 11.7. The lowest BCUT2D eigenvalue weighted by Gasteiger charge is -2.11. The Kier molecular flexibility index (Phi) is 3.57. The maximum absolute atomic E-state index is 5.98. The maximum atomic E-state index is 5.98. The Balaban J connectivity index is 1.92. The summed E-state index contributed by atoms with van der Waals surface area (Å²) in [6, 6.07) is 9.62. The summed E-state index contributed by atoms with van der Waals surface area (Å²) in [6.45, 7) is 0. The number of rotatable bonds is 4. The van der Waals surface area contributed by atoms with Crippen LogP contribution in [-0.2, 0) is 6.42 Å². The van der Waals surface area contributed by atoms with E-state index in [1.807, 2.05) is 24.3 Å². The van der Waals surface area contributed by atoms with Crippen LogP contribution in [0.4, 0.5) is 0 Å². The van der Waals surface area contributed by atoms with E-state index in [1.165, 1.54) is 5.56 Å². The van der Waals surface area contributed by atoms with Gasteiger partial charge in [-0.15, -0.1) is 0 Å². The zero-order chi connectivity index (χ0) is 13.2. The summed E-state index contributed by atoms with van der Waals surface area (Å²) in [4.78, 5) is 0. The van der Waals surface area contributed by atoms with E-state index in [0.29, 0.717) is 5.02 Å². The molecule has 0 aliphatic rings. The molecule has 98 valence electrons. The van der Waals surface area contributed by atoms with Crippen molar-refractivity contribution in [2.45, 2.75) is 12.5 Å². The van der Waals surface area contributed by atoms with E-state index in [-0.39, 0.29) is 6.04 Å². The smallest absolute Gasteiger partial charge is 0.134 e. The Labute approximate surface area is 119 Å². The first-order valence-corrected chi connectivity index (χ1v) is 7.24. The van der Waals surface area contributed by atoms with Gasteiger partial charge < -0.3 is 4.42 Å². The van der Waals surface area contributed by atoms with Crippen molar-refractivity contribution in [1.82, 2.24) is 5.43 Å². The highest BCUT2D eigenvalue weighted by atomic mass is 35.5. The minimum absolute atomic E-state index is 0.0409. The van der Waals surface area contributed by atoms with Crippen molar-refractivity contribution in [3.05, 3.63) is 57.4 Å². The van der Waals surface area contributed by atoms with Gasteiger partial charge in [-0.25, -0.2) is 5.43 Å². The highest BCUT2D eigenvalue weighted by Gasteiger charge is 2.16. The molecule has 5 heteroatoms. The molecule has 0 bridgehead atoms. The number of fused-ring (bicyclic) bond motifs is 1. The summed E-state index contributed by atoms with van der Waals surface area (Å²) in [5, 5.41) is 5.87. The molecular formula is C14H13ClN2OS. The van der Waals surface area contributed by atoms with Crippen LogP contribution in [0.5, 0.6) is 0 Å². The van der Waals surface area contributed by atoms with Crippen LogP contribution in [0.2, 0.25) is 5.02 Å². The standard InChI is InChI=1S/C14H13ClN2OS/c15-11-1-2-13-10(6-11)7-14(18-13)12(17-16)5-9-3-4-19-8-9/h1-4,6-8,12,17H,5,16H2. The second-order valence-corrected chi connectivity index (χ2v) is 5.60. The van der Waals surface area contributed by atoms with Gasteiger partial charge in [-0.3, -0.25) is 5.84 Å². The number of thiophene rings is 1. The second kappa shape index (κ2) is 5.35. The van der Waals surface area contributed by atoms with Gasteiger partial charge in [0.05, 0.1) is 6.04 Å². The average molecular weight is 293 g/mol. The lowest BCUT2D eigenvalue weighted by molar-refractivity contribution is 0.435. The van der Waals surface area contributed by atoms with E-state index < -0.39 is 0 Å². The normalized spacial score (nSPS) is 12.9. The molecule has 0 saturated heterocycles. The van der Waals surface area contributed by atoms with Gasteiger partial charge in [-0.2, -0.15) is 11.3 Å². The first kappa shape index (κ1) is 12.7. The number of benzene rings is 1. The number of hydrazine groups is 1. The third-order valence-corrected chi connectivity index (χ3v) is 4.03. The highest BCUT2D eigenvalue weighted by molar-refractivity contribution is 7.07. The number of furan rings is 1. The Hall–Kier alpha value is -1.33. The number of halogens is 1. The van der Waals surface area contributed by atoms with Gasteiger partial charge in [0.2, 0.25) is 0 Å². The van der Waals surface area contributed by atoms with Gasteiger partial charge in [0.1, 0.15) is 11.3 Å². The van der Waals surface area contributed by atoms with Gasteiger partial charge in [0.15, 0.2) is 0 Å². The predicted octanol–water partition coefficient (Wildman–Crippen LogP) is 3.89. The molecule has 0 fully saturated rings. The number of nitrogens with two attached hydrogens (primary N) is 1. The van der Waals surface area contributed by atoms with Gasteiger partial charge in [-0.1, -0.05) is 11.6 Å². The molecule has 19 heavy (non-hydrogen) atoms. The highest BCUT2D eigenvalue weighted by Crippen LogP contribution is 2.28. The van der Waals surface area contributed by atoms with Crippen LogP contribution >= 0.6 is 22.9 Å². The van der Waals surface area contributed by atoms with Gasteiger partial charge in [0, 0.05) is 10.4 Å². The van der Waals surface area contributed by atoms with Crippen LogP contribution in [0.3, 0.4) is 0 Å². The monoisotopic (exact) mass is 292 g/mol. The molecule has 1 atom stereocenters. The van der Waals surface area contributed by atoms with E-state index in [0.717, 1.165) is 23.2 Å². The number of hydrogen-bond acceptors (Lipinski definition) is 4. The second-order valence-electron chi connectivity index (χ2n) is 4.39. The predicted molar refractivity (Wildman–Crippen MR) is 79.3 cm³/mol. The largest absolute Gasteiger partial charge is 0.459 e.